The van der Waals surface area contributed by atoms with Gasteiger partial charge in [-0.3, -0.25) is 10.1 Å². The first-order valence-electron chi connectivity index (χ1n) is 8.43. The number of rotatable bonds is 6. The fraction of sp³-hybridized carbons (Fsp3) is 0.150. The molecule has 2 aromatic heterocycles. The number of fused-ring (bicyclic) bond motifs is 3. The Morgan fingerprint density at radius 3 is 2.52 bits per heavy atom. The first-order chi connectivity index (χ1) is 13.2. The Morgan fingerprint density at radius 2 is 1.81 bits per heavy atom. The molecule has 0 unspecified atom stereocenters. The minimum absolute atomic E-state index is 0.677. The number of nitrogens with two attached hydrogens (primary N) is 1. The van der Waals surface area contributed by atoms with E-state index in [1.807, 2.05) is 30.5 Å². The number of pyridine rings is 1. The van der Waals surface area contributed by atoms with E-state index in [0.717, 1.165) is 46.2 Å². The van der Waals surface area contributed by atoms with Gasteiger partial charge in [-0.1, -0.05) is 12.1 Å². The third-order valence-corrected chi connectivity index (χ3v) is 4.93. The van der Waals surface area contributed by atoms with Crippen molar-refractivity contribution in [3.63, 3.8) is 0 Å². The summed E-state index contributed by atoms with van der Waals surface area (Å²) in [6.07, 6.45) is 3.98. The van der Waals surface area contributed by atoms with Gasteiger partial charge in [0.05, 0.1) is 25.3 Å². The van der Waals surface area contributed by atoms with Gasteiger partial charge in [0.15, 0.2) is 11.5 Å². The number of nitrogens with zero attached hydrogens (tertiary/aromatic N) is 2. The number of anilines is 1. The molecule has 0 bridgehead atoms. The van der Waals surface area contributed by atoms with Crippen LogP contribution in [0.3, 0.4) is 0 Å². The summed E-state index contributed by atoms with van der Waals surface area (Å²) in [5.41, 5.74) is 4.18. The number of methoxy groups -OCH3 is 2. The van der Waals surface area contributed by atoms with E-state index in [0.29, 0.717) is 11.5 Å². The third kappa shape index (κ3) is 3.27. The van der Waals surface area contributed by atoms with Gasteiger partial charge in [-0.05, 0) is 29.8 Å². The number of ether oxygens (including phenoxy) is 2. The second-order valence-corrected chi connectivity index (χ2v) is 6.59. The van der Waals surface area contributed by atoms with E-state index in [-0.39, 0.29) is 0 Å². The molecule has 0 amide bonds. The molecule has 0 spiro atoms. The molecule has 4 rings (SSSR count). The van der Waals surface area contributed by atoms with Gasteiger partial charge in [-0.2, -0.15) is 0 Å². The molecular formula is C20H20N4O2S. The van der Waals surface area contributed by atoms with Gasteiger partial charge in [-0.15, -0.1) is 0 Å². The molecule has 3 N–H and O–H groups in total. The lowest BCUT2D eigenvalue weighted by Crippen LogP contribution is -2.00. The molecule has 0 radical (unpaired) electrons. The van der Waals surface area contributed by atoms with Gasteiger partial charge in [0, 0.05) is 53.6 Å². The van der Waals surface area contributed by atoms with Crippen LogP contribution in [0.25, 0.3) is 21.8 Å². The highest BCUT2D eigenvalue weighted by atomic mass is 32.2. The first-order valence-corrected chi connectivity index (χ1v) is 9.31. The van der Waals surface area contributed by atoms with E-state index in [9.17, 15) is 0 Å². The zero-order valence-corrected chi connectivity index (χ0v) is 15.9. The van der Waals surface area contributed by atoms with Gasteiger partial charge < -0.3 is 18.8 Å². The van der Waals surface area contributed by atoms with Crippen molar-refractivity contribution in [1.29, 1.82) is 0 Å². The molecule has 0 fully saturated rings. The molecule has 0 saturated carbocycles. The normalized spacial score (nSPS) is 11.1. The van der Waals surface area contributed by atoms with Crippen molar-refractivity contribution in [3.8, 4) is 11.5 Å². The SMILES string of the molecule is COc1cc2ncc3ccn(Cc4ccc(NSN)cc4)c3c2cc1OC. The summed E-state index contributed by atoms with van der Waals surface area (Å²) in [6.45, 7) is 0.757. The van der Waals surface area contributed by atoms with Crippen molar-refractivity contribution < 1.29 is 9.47 Å². The molecule has 0 aliphatic rings. The molecule has 138 valence electrons. The summed E-state index contributed by atoms with van der Waals surface area (Å²) >= 11 is 1.09. The zero-order chi connectivity index (χ0) is 18.8. The largest absolute Gasteiger partial charge is 0.493 e. The van der Waals surface area contributed by atoms with Gasteiger partial charge >= 0.3 is 0 Å². The van der Waals surface area contributed by atoms with Gasteiger partial charge in [-0.25, -0.2) is 0 Å². The number of aromatic nitrogens is 2. The number of nitrogens with one attached hydrogen (secondary N) is 1. The fourth-order valence-corrected chi connectivity index (χ4v) is 3.55. The predicted molar refractivity (Wildman–Crippen MR) is 111 cm³/mol. The van der Waals surface area contributed by atoms with E-state index in [1.54, 1.807) is 14.2 Å². The number of benzene rings is 2. The maximum atomic E-state index is 5.48. The maximum absolute atomic E-state index is 5.48. The summed E-state index contributed by atoms with van der Waals surface area (Å²) in [5, 5.41) is 7.57. The van der Waals surface area contributed by atoms with E-state index in [4.69, 9.17) is 14.6 Å². The van der Waals surface area contributed by atoms with Crippen LogP contribution in [-0.4, -0.2) is 23.8 Å². The van der Waals surface area contributed by atoms with Crippen LogP contribution >= 0.6 is 12.1 Å². The zero-order valence-electron chi connectivity index (χ0n) is 15.1. The molecule has 2 heterocycles. The minimum atomic E-state index is 0.677. The predicted octanol–water partition coefficient (Wildman–Crippen LogP) is 4.19. The Hall–Kier alpha value is -2.90. The smallest absolute Gasteiger partial charge is 0.162 e. The van der Waals surface area contributed by atoms with Crippen LogP contribution in [0, 0.1) is 0 Å². The molecule has 0 aliphatic carbocycles. The van der Waals surface area contributed by atoms with Crippen LogP contribution in [0.15, 0.2) is 54.9 Å². The molecular weight excluding hydrogens is 360 g/mol. The van der Waals surface area contributed by atoms with Crippen molar-refractivity contribution in [1.82, 2.24) is 9.55 Å². The van der Waals surface area contributed by atoms with Crippen molar-refractivity contribution in [2.45, 2.75) is 6.54 Å². The Morgan fingerprint density at radius 1 is 1.07 bits per heavy atom. The molecule has 7 heteroatoms. The van der Waals surface area contributed by atoms with Crippen molar-refractivity contribution >= 4 is 39.6 Å². The minimum Gasteiger partial charge on any atom is -0.493 e. The summed E-state index contributed by atoms with van der Waals surface area (Å²) in [4.78, 5) is 4.57. The monoisotopic (exact) mass is 380 g/mol. The van der Waals surface area contributed by atoms with E-state index in [1.165, 1.54) is 5.56 Å². The average molecular weight is 380 g/mol. The van der Waals surface area contributed by atoms with Crippen LogP contribution in [0.2, 0.25) is 0 Å². The van der Waals surface area contributed by atoms with Gasteiger partial charge in [0.25, 0.3) is 0 Å². The van der Waals surface area contributed by atoms with Crippen molar-refractivity contribution in [2.75, 3.05) is 18.9 Å². The van der Waals surface area contributed by atoms with Crippen molar-refractivity contribution in [3.05, 3.63) is 60.4 Å². The average Bonchev–Trinajstić information content (AvgIpc) is 3.11. The first kappa shape index (κ1) is 17.5. The van der Waals surface area contributed by atoms with E-state index < -0.39 is 0 Å². The molecule has 2 aromatic carbocycles. The highest BCUT2D eigenvalue weighted by Crippen LogP contribution is 2.35. The molecule has 0 aliphatic heterocycles. The summed E-state index contributed by atoms with van der Waals surface area (Å²) in [5.74, 6) is 1.37. The van der Waals surface area contributed by atoms with Crippen LogP contribution < -0.4 is 19.3 Å². The lowest BCUT2D eigenvalue weighted by atomic mass is 10.1. The Kier molecular flexibility index (Phi) is 4.79. The van der Waals surface area contributed by atoms with E-state index >= 15 is 0 Å². The second kappa shape index (κ2) is 7.38. The summed E-state index contributed by atoms with van der Waals surface area (Å²) < 4.78 is 16.1. The summed E-state index contributed by atoms with van der Waals surface area (Å²) in [6, 6.07) is 14.2. The Bertz CT molecular complexity index is 1090. The Balaban J connectivity index is 1.80. The molecule has 27 heavy (non-hydrogen) atoms. The number of hydrogen-bond donors (Lipinski definition) is 2. The highest BCUT2D eigenvalue weighted by molar-refractivity contribution is 7.98. The maximum Gasteiger partial charge on any atom is 0.162 e. The van der Waals surface area contributed by atoms with Crippen molar-refractivity contribution in [2.24, 2.45) is 5.14 Å². The van der Waals surface area contributed by atoms with Gasteiger partial charge in [0.2, 0.25) is 0 Å². The molecule has 4 aromatic rings. The van der Waals surface area contributed by atoms with Gasteiger partial charge in [0.1, 0.15) is 0 Å². The van der Waals surface area contributed by atoms with Crippen LogP contribution in [0.5, 0.6) is 11.5 Å². The molecule has 0 atom stereocenters. The van der Waals surface area contributed by atoms with Crippen LogP contribution in [0.4, 0.5) is 5.69 Å². The standard InChI is InChI=1S/C20H20N4O2S/c1-25-18-9-16-17(10-19(18)26-2)22-11-14-7-8-24(20(14)16)12-13-3-5-15(6-4-13)23-27-21/h3-11,23H,12,21H2,1-2H3. The fourth-order valence-electron chi connectivity index (χ4n) is 3.28. The van der Waals surface area contributed by atoms with Crippen LogP contribution in [-0.2, 0) is 6.54 Å². The highest BCUT2D eigenvalue weighted by Gasteiger charge is 2.12. The quantitative estimate of drug-likeness (QED) is 0.489. The van der Waals surface area contributed by atoms with Crippen LogP contribution in [0.1, 0.15) is 5.56 Å². The lowest BCUT2D eigenvalue weighted by molar-refractivity contribution is 0.356. The lowest BCUT2D eigenvalue weighted by Gasteiger charge is -2.12. The third-order valence-electron chi connectivity index (χ3n) is 4.58. The summed E-state index contributed by atoms with van der Waals surface area (Å²) in [7, 11) is 3.28. The molecule has 6 nitrogen and oxygen atoms in total. The topological polar surface area (TPSA) is 74.3 Å². The molecule has 0 saturated heterocycles. The van der Waals surface area contributed by atoms with E-state index in [2.05, 4.69) is 38.7 Å². The second-order valence-electron chi connectivity index (χ2n) is 6.15. The number of hydrogen-bond acceptors (Lipinski definition) is 6. The Labute approximate surface area is 161 Å².